The maximum atomic E-state index is 4.70. The maximum absolute atomic E-state index is 4.70. The van der Waals surface area contributed by atoms with Gasteiger partial charge in [-0.3, -0.25) is 0 Å². The number of thiazole rings is 1. The average molecular weight is 299 g/mol. The summed E-state index contributed by atoms with van der Waals surface area (Å²) in [5.74, 6) is 0. The molecule has 0 aliphatic carbocycles. The van der Waals surface area contributed by atoms with Crippen molar-refractivity contribution in [3.8, 4) is 0 Å². The predicted octanol–water partition coefficient (Wildman–Crippen LogP) is 4.21. The fraction of sp³-hybridized carbons (Fsp3) is 0.353. The Morgan fingerprint density at radius 2 is 2.14 bits per heavy atom. The first-order valence-electron chi connectivity index (χ1n) is 7.47. The van der Waals surface area contributed by atoms with Crippen LogP contribution in [0.3, 0.4) is 0 Å². The monoisotopic (exact) mass is 299 g/mol. The Morgan fingerprint density at radius 1 is 1.29 bits per heavy atom. The van der Waals surface area contributed by atoms with Gasteiger partial charge < -0.3 is 9.88 Å². The Morgan fingerprint density at radius 3 is 2.90 bits per heavy atom. The molecule has 1 atom stereocenters. The van der Waals surface area contributed by atoms with Gasteiger partial charge in [-0.2, -0.15) is 0 Å². The molecule has 4 heteroatoms. The van der Waals surface area contributed by atoms with E-state index in [1.165, 1.54) is 23.1 Å². The highest BCUT2D eigenvalue weighted by Gasteiger charge is 2.10. The van der Waals surface area contributed by atoms with E-state index >= 15 is 0 Å². The highest BCUT2D eigenvalue weighted by molar-refractivity contribution is 7.18. The molecule has 2 heterocycles. The molecule has 0 bridgehead atoms. The molecule has 0 saturated carbocycles. The standard InChI is InChI=1S/C17H21N3S/c1-3-6-14(18-2)13-9-10-20(11-13)12-17-19-15-7-4-5-8-16(15)21-17/h4-5,7-11,14,18H,3,6,12H2,1-2H3. The van der Waals surface area contributed by atoms with Crippen molar-refractivity contribution in [3.05, 3.63) is 53.3 Å². The van der Waals surface area contributed by atoms with Crippen molar-refractivity contribution in [2.75, 3.05) is 7.05 Å². The number of para-hydroxylation sites is 1. The molecule has 3 aromatic rings. The Labute approximate surface area is 129 Å². The van der Waals surface area contributed by atoms with E-state index in [-0.39, 0.29) is 0 Å². The van der Waals surface area contributed by atoms with Gasteiger partial charge in [-0.1, -0.05) is 25.5 Å². The molecule has 0 spiro atoms. The summed E-state index contributed by atoms with van der Waals surface area (Å²) >= 11 is 1.78. The second-order valence-corrected chi connectivity index (χ2v) is 6.44. The highest BCUT2D eigenvalue weighted by Crippen LogP contribution is 2.23. The summed E-state index contributed by atoms with van der Waals surface area (Å²) in [4.78, 5) is 4.70. The quantitative estimate of drug-likeness (QED) is 0.739. The van der Waals surface area contributed by atoms with Gasteiger partial charge in [0.25, 0.3) is 0 Å². The molecular formula is C17H21N3S. The smallest absolute Gasteiger partial charge is 0.114 e. The topological polar surface area (TPSA) is 29.9 Å². The molecule has 3 rings (SSSR count). The number of nitrogens with one attached hydrogen (secondary N) is 1. The molecule has 0 fully saturated rings. The lowest BCUT2D eigenvalue weighted by molar-refractivity contribution is 0.540. The zero-order valence-electron chi connectivity index (χ0n) is 12.5. The summed E-state index contributed by atoms with van der Waals surface area (Å²) in [7, 11) is 2.03. The van der Waals surface area contributed by atoms with E-state index in [1.807, 2.05) is 13.1 Å². The van der Waals surface area contributed by atoms with E-state index in [2.05, 4.69) is 53.5 Å². The summed E-state index contributed by atoms with van der Waals surface area (Å²) in [5.41, 5.74) is 2.46. The number of hydrogen-bond donors (Lipinski definition) is 1. The number of nitrogens with zero attached hydrogens (tertiary/aromatic N) is 2. The summed E-state index contributed by atoms with van der Waals surface area (Å²) in [6.07, 6.45) is 6.75. The first kappa shape index (κ1) is 14.3. The van der Waals surface area contributed by atoms with Gasteiger partial charge in [0.05, 0.1) is 16.8 Å². The van der Waals surface area contributed by atoms with E-state index in [1.54, 1.807) is 11.3 Å². The third-order valence-electron chi connectivity index (χ3n) is 3.76. The summed E-state index contributed by atoms with van der Waals surface area (Å²) < 4.78 is 3.49. The normalized spacial score (nSPS) is 12.9. The van der Waals surface area contributed by atoms with Crippen LogP contribution in [-0.2, 0) is 6.54 Å². The number of aromatic nitrogens is 2. The molecule has 110 valence electrons. The first-order valence-corrected chi connectivity index (χ1v) is 8.29. The first-order chi connectivity index (χ1) is 10.3. The zero-order valence-corrected chi connectivity index (χ0v) is 13.4. The van der Waals surface area contributed by atoms with Crippen molar-refractivity contribution in [2.24, 2.45) is 0 Å². The fourth-order valence-electron chi connectivity index (χ4n) is 2.67. The minimum Gasteiger partial charge on any atom is -0.347 e. The Balaban J connectivity index is 1.77. The lowest BCUT2D eigenvalue weighted by Crippen LogP contribution is -2.15. The average Bonchev–Trinajstić information content (AvgIpc) is 3.11. The van der Waals surface area contributed by atoms with E-state index < -0.39 is 0 Å². The van der Waals surface area contributed by atoms with Crippen LogP contribution in [-0.4, -0.2) is 16.6 Å². The van der Waals surface area contributed by atoms with Crippen LogP contribution in [0.2, 0.25) is 0 Å². The largest absolute Gasteiger partial charge is 0.347 e. The molecule has 1 aromatic carbocycles. The van der Waals surface area contributed by atoms with Crippen LogP contribution < -0.4 is 5.32 Å². The fourth-order valence-corrected chi connectivity index (χ4v) is 3.65. The van der Waals surface area contributed by atoms with Crippen molar-refractivity contribution < 1.29 is 0 Å². The third-order valence-corrected chi connectivity index (χ3v) is 4.78. The SMILES string of the molecule is CCCC(NC)c1ccn(Cc2nc3ccccc3s2)c1. The Bertz CT molecular complexity index is 680. The van der Waals surface area contributed by atoms with Gasteiger partial charge in [0, 0.05) is 18.4 Å². The number of benzene rings is 1. The molecule has 0 aliphatic heterocycles. The molecule has 3 nitrogen and oxygen atoms in total. The number of hydrogen-bond acceptors (Lipinski definition) is 3. The van der Waals surface area contributed by atoms with E-state index in [0.717, 1.165) is 17.1 Å². The van der Waals surface area contributed by atoms with Crippen molar-refractivity contribution >= 4 is 21.6 Å². The van der Waals surface area contributed by atoms with Crippen LogP contribution in [0.1, 0.15) is 36.4 Å². The number of fused-ring (bicyclic) bond motifs is 1. The summed E-state index contributed by atoms with van der Waals surface area (Å²) in [6, 6.07) is 11.0. The van der Waals surface area contributed by atoms with Crippen LogP contribution in [0.15, 0.2) is 42.7 Å². The molecule has 1 N–H and O–H groups in total. The van der Waals surface area contributed by atoms with Gasteiger partial charge in [-0.05, 0) is 37.2 Å². The molecular weight excluding hydrogens is 278 g/mol. The van der Waals surface area contributed by atoms with Crippen molar-refractivity contribution in [1.82, 2.24) is 14.9 Å². The van der Waals surface area contributed by atoms with Gasteiger partial charge in [-0.15, -0.1) is 11.3 Å². The second-order valence-electron chi connectivity index (χ2n) is 5.32. The maximum Gasteiger partial charge on any atom is 0.114 e. The molecule has 2 aromatic heterocycles. The summed E-state index contributed by atoms with van der Waals surface area (Å²) in [6.45, 7) is 3.07. The van der Waals surface area contributed by atoms with Crippen LogP contribution in [0.4, 0.5) is 0 Å². The highest BCUT2D eigenvalue weighted by atomic mass is 32.1. The van der Waals surface area contributed by atoms with Crippen molar-refractivity contribution in [3.63, 3.8) is 0 Å². The van der Waals surface area contributed by atoms with Crippen molar-refractivity contribution in [1.29, 1.82) is 0 Å². The van der Waals surface area contributed by atoms with E-state index in [9.17, 15) is 0 Å². The Kier molecular flexibility index (Phi) is 4.36. The van der Waals surface area contributed by atoms with Crippen LogP contribution in [0.5, 0.6) is 0 Å². The van der Waals surface area contributed by atoms with Crippen LogP contribution in [0, 0.1) is 0 Å². The third kappa shape index (κ3) is 3.17. The molecule has 0 radical (unpaired) electrons. The molecule has 0 aliphatic rings. The van der Waals surface area contributed by atoms with E-state index in [0.29, 0.717) is 6.04 Å². The van der Waals surface area contributed by atoms with Crippen LogP contribution >= 0.6 is 11.3 Å². The van der Waals surface area contributed by atoms with Gasteiger partial charge >= 0.3 is 0 Å². The van der Waals surface area contributed by atoms with E-state index in [4.69, 9.17) is 4.98 Å². The minimum absolute atomic E-state index is 0.451. The van der Waals surface area contributed by atoms with Crippen molar-refractivity contribution in [2.45, 2.75) is 32.4 Å². The predicted molar refractivity (Wildman–Crippen MR) is 89.9 cm³/mol. The van der Waals surface area contributed by atoms with Gasteiger partial charge in [0.2, 0.25) is 0 Å². The molecule has 0 amide bonds. The minimum atomic E-state index is 0.451. The Hall–Kier alpha value is -1.65. The molecule has 21 heavy (non-hydrogen) atoms. The lowest BCUT2D eigenvalue weighted by Gasteiger charge is -2.13. The molecule has 1 unspecified atom stereocenters. The van der Waals surface area contributed by atoms with Gasteiger partial charge in [-0.25, -0.2) is 4.98 Å². The second kappa shape index (κ2) is 6.41. The van der Waals surface area contributed by atoms with Gasteiger partial charge in [0.15, 0.2) is 0 Å². The van der Waals surface area contributed by atoms with Gasteiger partial charge in [0.1, 0.15) is 5.01 Å². The summed E-state index contributed by atoms with van der Waals surface area (Å²) in [5, 5.41) is 4.55. The zero-order chi connectivity index (χ0) is 14.7. The number of rotatable bonds is 6. The lowest BCUT2D eigenvalue weighted by atomic mass is 10.1. The van der Waals surface area contributed by atoms with Crippen LogP contribution in [0.25, 0.3) is 10.2 Å². The molecule has 0 saturated heterocycles.